The third kappa shape index (κ3) is 1.91. The second-order valence-electron chi connectivity index (χ2n) is 3.73. The number of nitrogen functional groups attached to an aromatic ring is 2. The van der Waals surface area contributed by atoms with Crippen LogP contribution in [0, 0.1) is 5.92 Å². The summed E-state index contributed by atoms with van der Waals surface area (Å²) < 4.78 is 0. The molecule has 0 aliphatic rings. The van der Waals surface area contributed by atoms with E-state index in [9.17, 15) is 0 Å². The second-order valence-corrected chi connectivity index (χ2v) is 3.73. The van der Waals surface area contributed by atoms with Gasteiger partial charge in [0.05, 0.1) is 5.69 Å². The van der Waals surface area contributed by atoms with Gasteiger partial charge in [-0.2, -0.15) is 0 Å². The van der Waals surface area contributed by atoms with E-state index >= 15 is 0 Å². The summed E-state index contributed by atoms with van der Waals surface area (Å²) in [5.41, 5.74) is 13.2. The molecular formula is C10H17N3. The summed E-state index contributed by atoms with van der Waals surface area (Å²) in [4.78, 5) is 3.93. The van der Waals surface area contributed by atoms with E-state index < -0.39 is 0 Å². The normalized spacial score (nSPS) is 13.2. The summed E-state index contributed by atoms with van der Waals surface area (Å²) in [6, 6.07) is 1.94. The number of anilines is 2. The molecule has 0 aliphatic heterocycles. The van der Waals surface area contributed by atoms with Crippen LogP contribution in [-0.2, 0) is 0 Å². The molecule has 3 heteroatoms. The number of rotatable bonds is 2. The van der Waals surface area contributed by atoms with Gasteiger partial charge in [0.1, 0.15) is 5.82 Å². The van der Waals surface area contributed by atoms with Crippen LogP contribution in [0.1, 0.15) is 32.3 Å². The van der Waals surface area contributed by atoms with Crippen LogP contribution in [0.2, 0.25) is 0 Å². The molecule has 3 nitrogen and oxygen atoms in total. The van der Waals surface area contributed by atoms with Crippen molar-refractivity contribution in [2.24, 2.45) is 5.92 Å². The van der Waals surface area contributed by atoms with Crippen molar-refractivity contribution in [3.63, 3.8) is 0 Å². The molecule has 0 saturated carbocycles. The highest BCUT2D eigenvalue weighted by atomic mass is 14.9. The van der Waals surface area contributed by atoms with Crippen LogP contribution in [0.4, 0.5) is 11.5 Å². The van der Waals surface area contributed by atoms with Gasteiger partial charge in [0.25, 0.3) is 0 Å². The maximum atomic E-state index is 5.83. The topological polar surface area (TPSA) is 64.9 Å². The van der Waals surface area contributed by atoms with E-state index in [0.29, 0.717) is 23.3 Å². The maximum absolute atomic E-state index is 5.83. The molecule has 0 saturated heterocycles. The SMILES string of the molecule is CC(C)C(C)c1ccnc(N)c1N. The van der Waals surface area contributed by atoms with Crippen molar-refractivity contribution >= 4 is 11.5 Å². The predicted octanol–water partition coefficient (Wildman–Crippen LogP) is 2.01. The number of hydrogen-bond acceptors (Lipinski definition) is 3. The fourth-order valence-electron chi connectivity index (χ4n) is 1.26. The first-order chi connectivity index (χ1) is 6.04. The lowest BCUT2D eigenvalue weighted by molar-refractivity contribution is 0.536. The molecule has 1 aromatic rings. The quantitative estimate of drug-likeness (QED) is 0.729. The first-order valence-corrected chi connectivity index (χ1v) is 4.54. The zero-order valence-corrected chi connectivity index (χ0v) is 8.41. The molecule has 1 rings (SSSR count). The number of aromatic nitrogens is 1. The zero-order chi connectivity index (χ0) is 10.0. The van der Waals surface area contributed by atoms with Crippen LogP contribution < -0.4 is 11.5 Å². The van der Waals surface area contributed by atoms with Gasteiger partial charge in [-0.1, -0.05) is 20.8 Å². The molecule has 0 spiro atoms. The summed E-state index contributed by atoms with van der Waals surface area (Å²) in [5, 5.41) is 0. The van der Waals surface area contributed by atoms with Gasteiger partial charge in [-0.25, -0.2) is 4.98 Å². The van der Waals surface area contributed by atoms with Crippen LogP contribution in [0.3, 0.4) is 0 Å². The summed E-state index contributed by atoms with van der Waals surface area (Å²) >= 11 is 0. The summed E-state index contributed by atoms with van der Waals surface area (Å²) in [5.74, 6) is 1.42. The van der Waals surface area contributed by atoms with Crippen LogP contribution in [0.5, 0.6) is 0 Å². The molecule has 0 aliphatic carbocycles. The fourth-order valence-corrected chi connectivity index (χ4v) is 1.26. The largest absolute Gasteiger partial charge is 0.396 e. The average Bonchev–Trinajstić information content (AvgIpc) is 2.08. The minimum Gasteiger partial charge on any atom is -0.396 e. The average molecular weight is 179 g/mol. The lowest BCUT2D eigenvalue weighted by atomic mass is 9.90. The zero-order valence-electron chi connectivity index (χ0n) is 8.41. The lowest BCUT2D eigenvalue weighted by Gasteiger charge is -2.18. The molecule has 1 unspecified atom stereocenters. The Bertz CT molecular complexity index is 294. The Morgan fingerprint density at radius 3 is 2.38 bits per heavy atom. The summed E-state index contributed by atoms with van der Waals surface area (Å²) in [6.07, 6.45) is 1.71. The van der Waals surface area contributed by atoms with E-state index in [-0.39, 0.29) is 0 Å². The molecular weight excluding hydrogens is 162 g/mol. The fraction of sp³-hybridized carbons (Fsp3) is 0.500. The van der Waals surface area contributed by atoms with Gasteiger partial charge in [0, 0.05) is 6.20 Å². The Balaban J connectivity index is 3.07. The number of pyridine rings is 1. The van der Waals surface area contributed by atoms with Crippen LogP contribution >= 0.6 is 0 Å². The second kappa shape index (κ2) is 3.64. The molecule has 1 atom stereocenters. The Morgan fingerprint density at radius 1 is 1.23 bits per heavy atom. The highest BCUT2D eigenvalue weighted by Crippen LogP contribution is 2.29. The summed E-state index contributed by atoms with van der Waals surface area (Å²) in [6.45, 7) is 6.48. The first-order valence-electron chi connectivity index (χ1n) is 4.54. The van der Waals surface area contributed by atoms with Gasteiger partial charge in [-0.15, -0.1) is 0 Å². The third-order valence-corrected chi connectivity index (χ3v) is 2.55. The number of nitrogens with two attached hydrogens (primary N) is 2. The molecule has 4 N–H and O–H groups in total. The van der Waals surface area contributed by atoms with Gasteiger partial charge >= 0.3 is 0 Å². The lowest BCUT2D eigenvalue weighted by Crippen LogP contribution is -2.08. The Hall–Kier alpha value is -1.25. The van der Waals surface area contributed by atoms with Crippen LogP contribution in [0.15, 0.2) is 12.3 Å². The van der Waals surface area contributed by atoms with Gasteiger partial charge in [-0.05, 0) is 23.5 Å². The predicted molar refractivity (Wildman–Crippen MR) is 56.3 cm³/mol. The van der Waals surface area contributed by atoms with E-state index in [1.54, 1.807) is 6.20 Å². The molecule has 72 valence electrons. The number of hydrogen-bond donors (Lipinski definition) is 2. The molecule has 0 amide bonds. The van der Waals surface area contributed by atoms with E-state index in [4.69, 9.17) is 11.5 Å². The molecule has 0 fully saturated rings. The van der Waals surface area contributed by atoms with E-state index in [0.717, 1.165) is 5.56 Å². The maximum Gasteiger partial charge on any atom is 0.146 e. The smallest absolute Gasteiger partial charge is 0.146 e. The molecule has 1 heterocycles. The Kier molecular flexibility index (Phi) is 2.76. The van der Waals surface area contributed by atoms with Gasteiger partial charge in [-0.3, -0.25) is 0 Å². The van der Waals surface area contributed by atoms with Crippen molar-refractivity contribution in [3.8, 4) is 0 Å². The third-order valence-electron chi connectivity index (χ3n) is 2.55. The van der Waals surface area contributed by atoms with Crippen molar-refractivity contribution in [2.45, 2.75) is 26.7 Å². The highest BCUT2D eigenvalue weighted by Gasteiger charge is 2.14. The highest BCUT2D eigenvalue weighted by molar-refractivity contribution is 5.63. The van der Waals surface area contributed by atoms with Crippen molar-refractivity contribution in [1.82, 2.24) is 4.98 Å². The monoisotopic (exact) mass is 179 g/mol. The van der Waals surface area contributed by atoms with Crippen molar-refractivity contribution in [3.05, 3.63) is 17.8 Å². The van der Waals surface area contributed by atoms with E-state index in [1.165, 1.54) is 0 Å². The molecule has 0 radical (unpaired) electrons. The molecule has 13 heavy (non-hydrogen) atoms. The molecule has 1 aromatic heterocycles. The first kappa shape index (κ1) is 9.84. The Labute approximate surface area is 79.2 Å². The Morgan fingerprint density at radius 2 is 1.85 bits per heavy atom. The molecule has 0 aromatic carbocycles. The van der Waals surface area contributed by atoms with Gasteiger partial charge in [0.15, 0.2) is 0 Å². The van der Waals surface area contributed by atoms with Crippen LogP contribution in [0.25, 0.3) is 0 Å². The summed E-state index contributed by atoms with van der Waals surface area (Å²) in [7, 11) is 0. The van der Waals surface area contributed by atoms with E-state index in [2.05, 4.69) is 25.8 Å². The van der Waals surface area contributed by atoms with E-state index in [1.807, 2.05) is 6.07 Å². The minimum atomic E-state index is 0.422. The minimum absolute atomic E-state index is 0.422. The number of nitrogens with zero attached hydrogens (tertiary/aromatic N) is 1. The molecule has 0 bridgehead atoms. The standard InChI is InChI=1S/C10H17N3/c1-6(2)7(3)8-4-5-13-10(12)9(8)11/h4-7H,11H2,1-3H3,(H2,12,13). The van der Waals surface area contributed by atoms with Crippen molar-refractivity contribution in [1.29, 1.82) is 0 Å². The van der Waals surface area contributed by atoms with Crippen molar-refractivity contribution in [2.75, 3.05) is 11.5 Å². The van der Waals surface area contributed by atoms with Gasteiger partial charge in [0.2, 0.25) is 0 Å². The van der Waals surface area contributed by atoms with Crippen LogP contribution in [-0.4, -0.2) is 4.98 Å². The van der Waals surface area contributed by atoms with Crippen molar-refractivity contribution < 1.29 is 0 Å². The van der Waals surface area contributed by atoms with Gasteiger partial charge < -0.3 is 11.5 Å².